The monoisotopic (exact) mass is 411 g/mol. The smallest absolute Gasteiger partial charge is 0.258 e. The number of pyridine rings is 1. The van der Waals surface area contributed by atoms with Crippen molar-refractivity contribution in [3.05, 3.63) is 94.0 Å². The van der Waals surface area contributed by atoms with Gasteiger partial charge in [-0.15, -0.1) is 0 Å². The van der Waals surface area contributed by atoms with Gasteiger partial charge in [-0.05, 0) is 54.1 Å². The van der Waals surface area contributed by atoms with Crippen molar-refractivity contribution in [2.24, 2.45) is 0 Å². The lowest BCUT2D eigenvalue weighted by molar-refractivity contribution is 0.0728. The molecule has 0 saturated carbocycles. The third-order valence-corrected chi connectivity index (χ3v) is 4.84. The molecule has 0 fully saturated rings. The summed E-state index contributed by atoms with van der Waals surface area (Å²) in [6, 6.07) is 17.5. The Morgan fingerprint density at radius 1 is 1.08 bits per heavy atom. The molecule has 6 heteroatoms. The molecule has 0 radical (unpaired) electrons. The number of nitrogens with one attached hydrogen (secondary N) is 1. The van der Waals surface area contributed by atoms with Gasteiger partial charge in [-0.25, -0.2) is 4.39 Å². The molecule has 3 aromatic rings. The maximum absolute atomic E-state index is 13.2. The van der Waals surface area contributed by atoms with E-state index in [0.29, 0.717) is 17.8 Å². The first-order valence-corrected chi connectivity index (χ1v) is 8.93. The summed E-state index contributed by atoms with van der Waals surface area (Å²) in [6.07, 6.45) is 1.30. The van der Waals surface area contributed by atoms with Crippen molar-refractivity contribution in [1.82, 2.24) is 9.88 Å². The first-order chi connectivity index (χ1) is 12.6. The lowest BCUT2D eigenvalue weighted by Gasteiger charge is -2.26. The number of fused-ring (bicyclic) bond motifs is 1. The Hall–Kier alpha value is -2.73. The summed E-state index contributed by atoms with van der Waals surface area (Å²) in [5, 5.41) is 3.38. The highest BCUT2D eigenvalue weighted by Gasteiger charge is 2.37. The van der Waals surface area contributed by atoms with Crippen LogP contribution in [0.25, 0.3) is 0 Å². The lowest BCUT2D eigenvalue weighted by atomic mass is 10.2. The molecule has 1 N–H and O–H groups in total. The number of hydrogen-bond acceptors (Lipinski definition) is 3. The van der Waals surface area contributed by atoms with Gasteiger partial charge in [0.2, 0.25) is 0 Å². The molecule has 1 aliphatic rings. The Morgan fingerprint density at radius 3 is 2.54 bits per heavy atom. The van der Waals surface area contributed by atoms with Crippen LogP contribution in [-0.2, 0) is 6.54 Å². The van der Waals surface area contributed by atoms with Crippen LogP contribution in [0.5, 0.6) is 0 Å². The number of aromatic nitrogens is 1. The summed E-state index contributed by atoms with van der Waals surface area (Å²) in [4.78, 5) is 19.0. The van der Waals surface area contributed by atoms with Crippen LogP contribution in [0.3, 0.4) is 0 Å². The Balaban J connectivity index is 1.67. The first kappa shape index (κ1) is 16.7. The molecule has 0 aliphatic carbocycles. The third-order valence-electron chi connectivity index (χ3n) is 4.31. The number of hydrogen-bond donors (Lipinski definition) is 1. The Bertz CT molecular complexity index is 944. The SMILES string of the molecule is O=C1c2cccnc2C(Nc2ccc(Br)cc2)N1Cc1ccc(F)cc1. The Kier molecular flexibility index (Phi) is 4.42. The van der Waals surface area contributed by atoms with E-state index in [9.17, 15) is 9.18 Å². The molecule has 1 atom stereocenters. The van der Waals surface area contributed by atoms with Crippen LogP contribution in [0.1, 0.15) is 27.8 Å². The normalized spacial score (nSPS) is 15.8. The molecule has 1 amide bonds. The van der Waals surface area contributed by atoms with Crippen molar-refractivity contribution in [2.75, 3.05) is 5.32 Å². The Labute approximate surface area is 158 Å². The summed E-state index contributed by atoms with van der Waals surface area (Å²) >= 11 is 3.42. The molecule has 1 unspecified atom stereocenters. The van der Waals surface area contributed by atoms with E-state index in [2.05, 4.69) is 26.2 Å². The highest BCUT2D eigenvalue weighted by molar-refractivity contribution is 9.10. The summed E-state index contributed by atoms with van der Waals surface area (Å²) in [7, 11) is 0. The Morgan fingerprint density at radius 2 is 1.81 bits per heavy atom. The van der Waals surface area contributed by atoms with Gasteiger partial charge in [-0.2, -0.15) is 0 Å². The molecule has 1 aliphatic heterocycles. The van der Waals surface area contributed by atoms with E-state index < -0.39 is 0 Å². The van der Waals surface area contributed by atoms with Gasteiger partial charge in [0.15, 0.2) is 0 Å². The minimum atomic E-state index is -0.384. The van der Waals surface area contributed by atoms with Crippen molar-refractivity contribution < 1.29 is 9.18 Å². The quantitative estimate of drug-likeness (QED) is 0.673. The zero-order chi connectivity index (χ0) is 18.1. The molecule has 2 aromatic carbocycles. The number of halogens is 2. The second-order valence-electron chi connectivity index (χ2n) is 6.05. The number of rotatable bonds is 4. The van der Waals surface area contributed by atoms with E-state index >= 15 is 0 Å². The molecule has 4 rings (SSSR count). The third kappa shape index (κ3) is 3.20. The molecular weight excluding hydrogens is 397 g/mol. The van der Waals surface area contributed by atoms with Crippen LogP contribution in [0.4, 0.5) is 10.1 Å². The number of nitrogens with zero attached hydrogens (tertiary/aromatic N) is 2. The molecule has 0 saturated heterocycles. The molecule has 130 valence electrons. The highest BCUT2D eigenvalue weighted by Crippen LogP contribution is 2.34. The van der Waals surface area contributed by atoms with Crippen LogP contribution < -0.4 is 5.32 Å². The van der Waals surface area contributed by atoms with E-state index in [1.54, 1.807) is 35.4 Å². The van der Waals surface area contributed by atoms with Crippen molar-refractivity contribution in [1.29, 1.82) is 0 Å². The minimum absolute atomic E-state index is 0.0907. The first-order valence-electron chi connectivity index (χ1n) is 8.14. The number of amides is 1. The summed E-state index contributed by atoms with van der Waals surface area (Å²) in [5.74, 6) is -0.386. The molecule has 26 heavy (non-hydrogen) atoms. The van der Waals surface area contributed by atoms with E-state index in [0.717, 1.165) is 15.7 Å². The van der Waals surface area contributed by atoms with Gasteiger partial charge < -0.3 is 10.2 Å². The summed E-state index contributed by atoms with van der Waals surface area (Å²) < 4.78 is 14.2. The zero-order valence-electron chi connectivity index (χ0n) is 13.7. The van der Waals surface area contributed by atoms with E-state index in [1.807, 2.05) is 24.3 Å². The topological polar surface area (TPSA) is 45.2 Å². The number of carbonyl (C=O) groups is 1. The summed E-state index contributed by atoms with van der Waals surface area (Å²) in [6.45, 7) is 0.365. The second-order valence-corrected chi connectivity index (χ2v) is 6.97. The van der Waals surface area contributed by atoms with Gasteiger partial charge in [-0.3, -0.25) is 9.78 Å². The zero-order valence-corrected chi connectivity index (χ0v) is 15.3. The van der Waals surface area contributed by atoms with Crippen LogP contribution in [0.2, 0.25) is 0 Å². The predicted molar refractivity (Wildman–Crippen MR) is 101 cm³/mol. The van der Waals surface area contributed by atoms with Crippen molar-refractivity contribution in [2.45, 2.75) is 12.7 Å². The highest BCUT2D eigenvalue weighted by atomic mass is 79.9. The van der Waals surface area contributed by atoms with Gasteiger partial charge in [0.25, 0.3) is 5.91 Å². The van der Waals surface area contributed by atoms with Crippen LogP contribution in [0, 0.1) is 5.82 Å². The maximum Gasteiger partial charge on any atom is 0.258 e. The van der Waals surface area contributed by atoms with Crippen molar-refractivity contribution >= 4 is 27.5 Å². The van der Waals surface area contributed by atoms with Crippen LogP contribution in [-0.4, -0.2) is 15.8 Å². The second kappa shape index (κ2) is 6.88. The molecule has 2 heterocycles. The molecule has 1 aromatic heterocycles. The van der Waals surface area contributed by atoms with Crippen molar-refractivity contribution in [3.8, 4) is 0 Å². The number of benzene rings is 2. The van der Waals surface area contributed by atoms with Crippen LogP contribution in [0.15, 0.2) is 71.3 Å². The van der Waals surface area contributed by atoms with Gasteiger partial charge in [0.05, 0.1) is 11.3 Å². The van der Waals surface area contributed by atoms with Gasteiger partial charge in [0.1, 0.15) is 12.0 Å². The van der Waals surface area contributed by atoms with Crippen molar-refractivity contribution in [3.63, 3.8) is 0 Å². The van der Waals surface area contributed by atoms with E-state index in [-0.39, 0.29) is 17.9 Å². The fourth-order valence-corrected chi connectivity index (χ4v) is 3.30. The van der Waals surface area contributed by atoms with Gasteiger partial charge >= 0.3 is 0 Å². The molecular formula is C20H15BrFN3O. The largest absolute Gasteiger partial charge is 0.360 e. The average molecular weight is 412 g/mol. The van der Waals surface area contributed by atoms with Gasteiger partial charge in [-0.1, -0.05) is 28.1 Å². The van der Waals surface area contributed by atoms with Gasteiger partial charge in [0, 0.05) is 22.9 Å². The standard InChI is InChI=1S/C20H15BrFN3O/c21-14-5-9-16(10-6-14)24-19-18-17(2-1-11-23-18)20(26)25(19)12-13-3-7-15(22)8-4-13/h1-11,19,24H,12H2. The minimum Gasteiger partial charge on any atom is -0.360 e. The van der Waals surface area contributed by atoms with E-state index in [1.165, 1.54) is 12.1 Å². The lowest BCUT2D eigenvalue weighted by Crippen LogP contribution is -2.32. The number of carbonyl (C=O) groups excluding carboxylic acids is 1. The molecule has 0 spiro atoms. The summed E-state index contributed by atoms with van der Waals surface area (Å²) in [5.41, 5.74) is 3.02. The number of anilines is 1. The molecule has 0 bridgehead atoms. The van der Waals surface area contributed by atoms with Crippen LogP contribution >= 0.6 is 15.9 Å². The fraction of sp³-hybridized carbons (Fsp3) is 0.100. The maximum atomic E-state index is 13.2. The fourth-order valence-electron chi connectivity index (χ4n) is 3.04. The predicted octanol–water partition coefficient (Wildman–Crippen LogP) is 4.75. The molecule has 4 nitrogen and oxygen atoms in total. The average Bonchev–Trinajstić information content (AvgIpc) is 2.91. The van der Waals surface area contributed by atoms with E-state index in [4.69, 9.17) is 0 Å².